The summed E-state index contributed by atoms with van der Waals surface area (Å²) in [6.45, 7) is 3.37. The van der Waals surface area contributed by atoms with Gasteiger partial charge in [0.1, 0.15) is 0 Å². The van der Waals surface area contributed by atoms with E-state index >= 15 is 0 Å². The molecule has 3 N–H and O–H groups in total. The van der Waals surface area contributed by atoms with Crippen molar-refractivity contribution in [3.05, 3.63) is 35.4 Å². The zero-order valence-electron chi connectivity index (χ0n) is 11.4. The molecule has 1 aromatic carbocycles. The average Bonchev–Trinajstić information content (AvgIpc) is 2.48. The van der Waals surface area contributed by atoms with Crippen LogP contribution in [0.2, 0.25) is 0 Å². The lowest BCUT2D eigenvalue weighted by molar-refractivity contribution is -0.130. The lowest BCUT2D eigenvalue weighted by Crippen LogP contribution is -2.50. The van der Waals surface area contributed by atoms with E-state index in [0.29, 0.717) is 26.1 Å². The van der Waals surface area contributed by atoms with Crippen LogP contribution in [0.25, 0.3) is 0 Å². The van der Waals surface area contributed by atoms with E-state index < -0.39 is 5.41 Å². The Hall–Kier alpha value is -1.39. The Kier molecular flexibility index (Phi) is 4.56. The molecule has 0 spiro atoms. The zero-order chi connectivity index (χ0) is 13.7. The molecule has 19 heavy (non-hydrogen) atoms. The van der Waals surface area contributed by atoms with Gasteiger partial charge in [-0.05, 0) is 30.4 Å². The van der Waals surface area contributed by atoms with E-state index in [-0.39, 0.29) is 5.91 Å². The standard InChI is InChI=1S/C15H22N2O2/c1-2-3-12-4-6-13(7-5-12)15(14(18)17-16)8-10-19-11-9-15/h4-7H,2-3,8-11,16H2,1H3,(H,17,18). The quantitative estimate of drug-likeness (QED) is 0.493. The number of nitrogens with two attached hydrogens (primary N) is 1. The Labute approximate surface area is 114 Å². The molecule has 1 heterocycles. The number of rotatable bonds is 4. The highest BCUT2D eigenvalue weighted by molar-refractivity contribution is 5.87. The second-order valence-corrected chi connectivity index (χ2v) is 5.11. The van der Waals surface area contributed by atoms with Crippen LogP contribution in [0.4, 0.5) is 0 Å². The van der Waals surface area contributed by atoms with E-state index in [9.17, 15) is 4.79 Å². The summed E-state index contributed by atoms with van der Waals surface area (Å²) in [6, 6.07) is 8.34. The number of nitrogens with one attached hydrogen (secondary N) is 1. The Morgan fingerprint density at radius 3 is 2.47 bits per heavy atom. The molecule has 1 aliphatic rings. The number of hydrazine groups is 1. The second kappa shape index (κ2) is 6.17. The van der Waals surface area contributed by atoms with E-state index in [4.69, 9.17) is 10.6 Å². The number of hydrogen-bond acceptors (Lipinski definition) is 3. The molecule has 2 rings (SSSR count). The molecule has 1 fully saturated rings. The topological polar surface area (TPSA) is 64.4 Å². The van der Waals surface area contributed by atoms with Crippen molar-refractivity contribution >= 4 is 5.91 Å². The maximum atomic E-state index is 12.2. The third-order valence-corrected chi connectivity index (χ3v) is 3.96. The molecular weight excluding hydrogens is 240 g/mol. The van der Waals surface area contributed by atoms with Gasteiger partial charge in [-0.2, -0.15) is 0 Å². The number of benzene rings is 1. The zero-order valence-corrected chi connectivity index (χ0v) is 11.4. The van der Waals surface area contributed by atoms with Crippen LogP contribution < -0.4 is 11.3 Å². The first kappa shape index (κ1) is 14.0. The van der Waals surface area contributed by atoms with Crippen LogP contribution in [-0.4, -0.2) is 19.1 Å². The third-order valence-electron chi connectivity index (χ3n) is 3.96. The van der Waals surface area contributed by atoms with Crippen molar-refractivity contribution in [3.8, 4) is 0 Å². The Bertz CT molecular complexity index is 422. The molecule has 0 radical (unpaired) electrons. The molecule has 4 heteroatoms. The van der Waals surface area contributed by atoms with Crippen molar-refractivity contribution in [1.29, 1.82) is 0 Å². The molecular formula is C15H22N2O2. The van der Waals surface area contributed by atoms with Gasteiger partial charge in [0.2, 0.25) is 5.91 Å². The van der Waals surface area contributed by atoms with Crippen molar-refractivity contribution in [2.45, 2.75) is 38.0 Å². The summed E-state index contributed by atoms with van der Waals surface area (Å²) >= 11 is 0. The van der Waals surface area contributed by atoms with E-state index in [1.165, 1.54) is 5.56 Å². The third kappa shape index (κ3) is 2.80. The molecule has 0 bridgehead atoms. The second-order valence-electron chi connectivity index (χ2n) is 5.11. The first-order valence-corrected chi connectivity index (χ1v) is 6.91. The first-order valence-electron chi connectivity index (χ1n) is 6.91. The number of hydrogen-bond donors (Lipinski definition) is 2. The highest BCUT2D eigenvalue weighted by Gasteiger charge is 2.41. The van der Waals surface area contributed by atoms with Crippen LogP contribution in [0.1, 0.15) is 37.3 Å². The fourth-order valence-corrected chi connectivity index (χ4v) is 2.78. The normalized spacial score (nSPS) is 18.0. The maximum absolute atomic E-state index is 12.2. The minimum atomic E-state index is -0.530. The van der Waals surface area contributed by atoms with Crippen LogP contribution in [0, 0.1) is 0 Å². The number of amides is 1. The van der Waals surface area contributed by atoms with Gasteiger partial charge >= 0.3 is 0 Å². The van der Waals surface area contributed by atoms with Gasteiger partial charge < -0.3 is 4.74 Å². The molecule has 104 valence electrons. The molecule has 0 atom stereocenters. The van der Waals surface area contributed by atoms with Crippen molar-refractivity contribution in [1.82, 2.24) is 5.43 Å². The van der Waals surface area contributed by atoms with E-state index in [0.717, 1.165) is 18.4 Å². The van der Waals surface area contributed by atoms with Gasteiger partial charge in [0.15, 0.2) is 0 Å². The number of carbonyl (C=O) groups is 1. The highest BCUT2D eigenvalue weighted by Crippen LogP contribution is 2.35. The molecule has 0 unspecified atom stereocenters. The van der Waals surface area contributed by atoms with Crippen LogP contribution in [-0.2, 0) is 21.4 Å². The van der Waals surface area contributed by atoms with Crippen LogP contribution in [0.3, 0.4) is 0 Å². The molecule has 1 saturated heterocycles. The SMILES string of the molecule is CCCc1ccc(C2(C(=O)NN)CCOCC2)cc1. The summed E-state index contributed by atoms with van der Waals surface area (Å²) in [6.07, 6.45) is 3.56. The highest BCUT2D eigenvalue weighted by atomic mass is 16.5. The number of ether oxygens (including phenoxy) is 1. The van der Waals surface area contributed by atoms with Gasteiger partial charge in [-0.1, -0.05) is 37.6 Å². The number of aryl methyl sites for hydroxylation is 1. The lowest BCUT2D eigenvalue weighted by atomic mass is 9.73. The molecule has 0 saturated carbocycles. The molecule has 4 nitrogen and oxygen atoms in total. The lowest BCUT2D eigenvalue weighted by Gasteiger charge is -2.35. The van der Waals surface area contributed by atoms with Gasteiger partial charge in [-0.15, -0.1) is 0 Å². The fraction of sp³-hybridized carbons (Fsp3) is 0.533. The van der Waals surface area contributed by atoms with E-state index in [1.54, 1.807) is 0 Å². The van der Waals surface area contributed by atoms with Gasteiger partial charge in [-0.25, -0.2) is 5.84 Å². The van der Waals surface area contributed by atoms with E-state index in [1.807, 2.05) is 0 Å². The summed E-state index contributed by atoms with van der Waals surface area (Å²) in [4.78, 5) is 12.2. The van der Waals surface area contributed by atoms with Crippen LogP contribution >= 0.6 is 0 Å². The van der Waals surface area contributed by atoms with Crippen molar-refractivity contribution in [3.63, 3.8) is 0 Å². The van der Waals surface area contributed by atoms with Gasteiger partial charge in [0, 0.05) is 13.2 Å². The van der Waals surface area contributed by atoms with Crippen molar-refractivity contribution < 1.29 is 9.53 Å². The Morgan fingerprint density at radius 1 is 1.32 bits per heavy atom. The van der Waals surface area contributed by atoms with Gasteiger partial charge in [-0.3, -0.25) is 10.2 Å². The minimum Gasteiger partial charge on any atom is -0.381 e. The monoisotopic (exact) mass is 262 g/mol. The molecule has 1 aromatic rings. The smallest absolute Gasteiger partial charge is 0.244 e. The molecule has 1 amide bonds. The molecule has 1 aliphatic heterocycles. The Balaban J connectivity index is 2.29. The average molecular weight is 262 g/mol. The Morgan fingerprint density at radius 2 is 1.95 bits per heavy atom. The van der Waals surface area contributed by atoms with Crippen LogP contribution in [0.15, 0.2) is 24.3 Å². The summed E-state index contributed by atoms with van der Waals surface area (Å²) in [5, 5.41) is 0. The van der Waals surface area contributed by atoms with Crippen molar-refractivity contribution in [2.24, 2.45) is 5.84 Å². The van der Waals surface area contributed by atoms with E-state index in [2.05, 4.69) is 36.6 Å². The largest absolute Gasteiger partial charge is 0.381 e. The van der Waals surface area contributed by atoms with Gasteiger partial charge in [0.05, 0.1) is 5.41 Å². The summed E-state index contributed by atoms with van der Waals surface area (Å²) < 4.78 is 5.38. The minimum absolute atomic E-state index is 0.112. The molecule has 0 aliphatic carbocycles. The predicted octanol–water partition coefficient (Wildman–Crippen LogP) is 1.68. The van der Waals surface area contributed by atoms with Crippen LogP contribution in [0.5, 0.6) is 0 Å². The summed E-state index contributed by atoms with van der Waals surface area (Å²) in [5.74, 6) is 5.25. The van der Waals surface area contributed by atoms with Gasteiger partial charge in [0.25, 0.3) is 0 Å². The maximum Gasteiger partial charge on any atom is 0.244 e. The predicted molar refractivity (Wildman–Crippen MR) is 74.5 cm³/mol. The summed E-state index contributed by atoms with van der Waals surface area (Å²) in [7, 11) is 0. The summed E-state index contributed by atoms with van der Waals surface area (Å²) in [5.41, 5.74) is 4.14. The first-order chi connectivity index (χ1) is 9.23. The molecule has 0 aromatic heterocycles. The van der Waals surface area contributed by atoms with Crippen molar-refractivity contribution in [2.75, 3.05) is 13.2 Å². The fourth-order valence-electron chi connectivity index (χ4n) is 2.78. The number of carbonyl (C=O) groups excluding carboxylic acids is 1.